The number of anilines is 2. The van der Waals surface area contributed by atoms with E-state index < -0.39 is 0 Å². The van der Waals surface area contributed by atoms with Crippen LogP contribution in [-0.4, -0.2) is 38.0 Å². The number of rotatable bonds is 6. The second-order valence-corrected chi connectivity index (χ2v) is 7.45. The van der Waals surface area contributed by atoms with Crippen LogP contribution in [0.25, 0.3) is 0 Å². The van der Waals surface area contributed by atoms with Gasteiger partial charge < -0.3 is 15.0 Å². The van der Waals surface area contributed by atoms with Gasteiger partial charge in [-0.05, 0) is 60.7 Å². The molecule has 1 aliphatic heterocycles. The van der Waals surface area contributed by atoms with Crippen molar-refractivity contribution in [3.05, 3.63) is 59.2 Å². The summed E-state index contributed by atoms with van der Waals surface area (Å²) in [7, 11) is 0. The lowest BCUT2D eigenvalue weighted by molar-refractivity contribution is -0.116. The predicted molar refractivity (Wildman–Crippen MR) is 110 cm³/mol. The van der Waals surface area contributed by atoms with Gasteiger partial charge in [0.1, 0.15) is 0 Å². The SMILES string of the molecule is O=C(CCC(=O)c1ccc2c(c1)CCC2)Nc1ccc(N2CCOCC2)cc1. The van der Waals surface area contributed by atoms with Gasteiger partial charge in [0.2, 0.25) is 5.91 Å². The smallest absolute Gasteiger partial charge is 0.224 e. The predicted octanol–water partition coefficient (Wildman–Crippen LogP) is 3.61. The molecule has 4 rings (SSSR count). The van der Waals surface area contributed by atoms with Crippen molar-refractivity contribution in [2.45, 2.75) is 32.1 Å². The van der Waals surface area contributed by atoms with E-state index in [1.807, 2.05) is 36.4 Å². The molecule has 2 aromatic rings. The first-order chi connectivity index (χ1) is 13.7. The number of morpholine rings is 1. The maximum Gasteiger partial charge on any atom is 0.224 e. The molecule has 1 amide bonds. The van der Waals surface area contributed by atoms with Crippen molar-refractivity contribution < 1.29 is 14.3 Å². The Morgan fingerprint density at radius 2 is 1.68 bits per heavy atom. The molecule has 2 aromatic carbocycles. The van der Waals surface area contributed by atoms with Gasteiger partial charge in [-0.25, -0.2) is 0 Å². The van der Waals surface area contributed by atoms with E-state index in [0.29, 0.717) is 0 Å². The molecule has 0 unspecified atom stereocenters. The molecule has 0 bridgehead atoms. The van der Waals surface area contributed by atoms with Gasteiger partial charge in [0, 0.05) is 42.9 Å². The number of Topliss-reactive ketones (excluding diaryl/α,β-unsaturated/α-hetero) is 1. The highest BCUT2D eigenvalue weighted by Gasteiger charge is 2.15. The quantitative estimate of drug-likeness (QED) is 0.780. The number of nitrogens with one attached hydrogen (secondary N) is 1. The molecule has 28 heavy (non-hydrogen) atoms. The molecule has 0 radical (unpaired) electrons. The average molecular weight is 378 g/mol. The van der Waals surface area contributed by atoms with Crippen LogP contribution in [0.5, 0.6) is 0 Å². The zero-order valence-corrected chi connectivity index (χ0v) is 16.1. The van der Waals surface area contributed by atoms with E-state index in [2.05, 4.69) is 16.3 Å². The third-order valence-corrected chi connectivity index (χ3v) is 5.53. The summed E-state index contributed by atoms with van der Waals surface area (Å²) in [5, 5.41) is 2.89. The highest BCUT2D eigenvalue weighted by Crippen LogP contribution is 2.24. The zero-order valence-electron chi connectivity index (χ0n) is 16.1. The third kappa shape index (κ3) is 4.42. The summed E-state index contributed by atoms with van der Waals surface area (Å²) in [6, 6.07) is 13.8. The Hall–Kier alpha value is -2.66. The molecule has 1 aliphatic carbocycles. The van der Waals surface area contributed by atoms with Crippen LogP contribution >= 0.6 is 0 Å². The van der Waals surface area contributed by atoms with Gasteiger partial charge in [-0.15, -0.1) is 0 Å². The van der Waals surface area contributed by atoms with E-state index >= 15 is 0 Å². The fourth-order valence-electron chi connectivity index (χ4n) is 3.92. The maximum atomic E-state index is 12.4. The summed E-state index contributed by atoms with van der Waals surface area (Å²) in [5.74, 6) is -0.0962. The number of benzene rings is 2. The van der Waals surface area contributed by atoms with Gasteiger partial charge in [-0.3, -0.25) is 9.59 Å². The Labute approximate surface area is 165 Å². The monoisotopic (exact) mass is 378 g/mol. The molecular formula is C23H26N2O3. The molecule has 5 heteroatoms. The molecule has 0 saturated carbocycles. The first-order valence-electron chi connectivity index (χ1n) is 10.1. The number of nitrogens with zero attached hydrogens (tertiary/aromatic N) is 1. The fraction of sp³-hybridized carbons (Fsp3) is 0.391. The first kappa shape index (κ1) is 18.7. The molecule has 0 aromatic heterocycles. The summed E-state index contributed by atoms with van der Waals surface area (Å²) in [5.41, 5.74) is 5.26. The molecule has 1 saturated heterocycles. The van der Waals surface area contributed by atoms with Crippen LogP contribution in [0, 0.1) is 0 Å². The van der Waals surface area contributed by atoms with E-state index in [1.54, 1.807) is 0 Å². The summed E-state index contributed by atoms with van der Waals surface area (Å²) < 4.78 is 5.37. The van der Waals surface area contributed by atoms with Crippen LogP contribution in [0.1, 0.15) is 40.7 Å². The Morgan fingerprint density at radius 1 is 0.929 bits per heavy atom. The van der Waals surface area contributed by atoms with Crippen LogP contribution in [0.4, 0.5) is 11.4 Å². The second kappa shape index (κ2) is 8.57. The summed E-state index contributed by atoms with van der Waals surface area (Å²) >= 11 is 0. The van der Waals surface area contributed by atoms with Crippen molar-refractivity contribution in [1.82, 2.24) is 0 Å². The van der Waals surface area contributed by atoms with Gasteiger partial charge in [0.05, 0.1) is 13.2 Å². The highest BCUT2D eigenvalue weighted by molar-refractivity contribution is 6.00. The standard InChI is InChI=1S/C23H26N2O3/c26-22(19-5-4-17-2-1-3-18(17)16-19)10-11-23(27)24-20-6-8-21(9-7-20)25-12-14-28-15-13-25/h4-9,16H,1-3,10-15H2,(H,24,27). The van der Waals surface area contributed by atoms with Gasteiger partial charge in [-0.2, -0.15) is 0 Å². The first-order valence-corrected chi connectivity index (χ1v) is 10.1. The fourth-order valence-corrected chi connectivity index (χ4v) is 3.92. The van der Waals surface area contributed by atoms with E-state index in [-0.39, 0.29) is 24.5 Å². The van der Waals surface area contributed by atoms with Crippen molar-refractivity contribution in [3.8, 4) is 0 Å². The van der Waals surface area contributed by atoms with E-state index in [4.69, 9.17) is 4.74 Å². The number of fused-ring (bicyclic) bond motifs is 1. The Kier molecular flexibility index (Phi) is 5.72. The van der Waals surface area contributed by atoms with Gasteiger partial charge in [-0.1, -0.05) is 12.1 Å². The Morgan fingerprint density at radius 3 is 2.46 bits per heavy atom. The highest BCUT2D eigenvalue weighted by atomic mass is 16.5. The Balaban J connectivity index is 1.27. The largest absolute Gasteiger partial charge is 0.378 e. The van der Waals surface area contributed by atoms with Gasteiger partial charge >= 0.3 is 0 Å². The van der Waals surface area contributed by atoms with Crippen molar-refractivity contribution in [2.75, 3.05) is 36.5 Å². The van der Waals surface area contributed by atoms with Crippen molar-refractivity contribution in [2.24, 2.45) is 0 Å². The maximum absolute atomic E-state index is 12.4. The van der Waals surface area contributed by atoms with Crippen LogP contribution in [0.15, 0.2) is 42.5 Å². The lowest BCUT2D eigenvalue weighted by atomic mass is 10.0. The van der Waals surface area contributed by atoms with Gasteiger partial charge in [0.25, 0.3) is 0 Å². The number of carbonyl (C=O) groups is 2. The number of aryl methyl sites for hydroxylation is 2. The minimum absolute atomic E-state index is 0.0347. The molecule has 1 fully saturated rings. The zero-order chi connectivity index (χ0) is 19.3. The van der Waals surface area contributed by atoms with Crippen LogP contribution in [0.3, 0.4) is 0 Å². The summed E-state index contributed by atoms with van der Waals surface area (Å²) in [4.78, 5) is 26.9. The minimum Gasteiger partial charge on any atom is -0.378 e. The molecule has 146 valence electrons. The lowest BCUT2D eigenvalue weighted by Gasteiger charge is -2.28. The van der Waals surface area contributed by atoms with Crippen LogP contribution in [-0.2, 0) is 22.4 Å². The average Bonchev–Trinajstić information content (AvgIpc) is 3.21. The number of hydrogen-bond donors (Lipinski definition) is 1. The number of ether oxygens (including phenoxy) is 1. The molecule has 1 N–H and O–H groups in total. The molecule has 5 nitrogen and oxygen atoms in total. The molecule has 2 aliphatic rings. The summed E-state index contributed by atoms with van der Waals surface area (Å²) in [6.45, 7) is 3.26. The van der Waals surface area contributed by atoms with Crippen molar-refractivity contribution in [1.29, 1.82) is 0 Å². The van der Waals surface area contributed by atoms with E-state index in [9.17, 15) is 9.59 Å². The third-order valence-electron chi connectivity index (χ3n) is 5.53. The van der Waals surface area contributed by atoms with E-state index in [0.717, 1.165) is 56.1 Å². The van der Waals surface area contributed by atoms with E-state index in [1.165, 1.54) is 17.5 Å². The number of carbonyl (C=O) groups excluding carboxylic acids is 2. The normalized spacial score (nSPS) is 15.9. The topological polar surface area (TPSA) is 58.6 Å². The molecule has 1 heterocycles. The lowest BCUT2D eigenvalue weighted by Crippen LogP contribution is -2.36. The molecule has 0 spiro atoms. The summed E-state index contributed by atoms with van der Waals surface area (Å²) in [6.07, 6.45) is 3.76. The van der Waals surface area contributed by atoms with Gasteiger partial charge in [0.15, 0.2) is 5.78 Å². The van der Waals surface area contributed by atoms with Crippen molar-refractivity contribution >= 4 is 23.1 Å². The Bertz CT molecular complexity index is 855. The minimum atomic E-state index is -0.131. The van der Waals surface area contributed by atoms with Crippen molar-refractivity contribution in [3.63, 3.8) is 0 Å². The molecular weight excluding hydrogens is 352 g/mol. The van der Waals surface area contributed by atoms with Crippen LogP contribution < -0.4 is 10.2 Å². The number of ketones is 1. The van der Waals surface area contributed by atoms with Crippen LogP contribution in [0.2, 0.25) is 0 Å². The molecule has 0 atom stereocenters. The number of hydrogen-bond acceptors (Lipinski definition) is 4. The number of amides is 1. The second-order valence-electron chi connectivity index (χ2n) is 7.45.